The molecule has 2 amide bonds. The number of aromatic amines is 2. The molecule has 0 bridgehead atoms. The molecule has 4 N–H and O–H groups in total. The van der Waals surface area contributed by atoms with E-state index < -0.39 is 11.7 Å². The average molecular weight is 238 g/mol. The van der Waals surface area contributed by atoms with Crippen molar-refractivity contribution in [2.45, 2.75) is 13.8 Å². The van der Waals surface area contributed by atoms with Crippen LogP contribution >= 0.6 is 0 Å². The Hall–Kier alpha value is -2.38. The largest absolute Gasteiger partial charge is 0.341 e. The Labute approximate surface area is 96.9 Å². The Bertz CT molecular complexity index is 558. The number of H-pyrrole nitrogens is 2. The summed E-state index contributed by atoms with van der Waals surface area (Å²) in [5.74, 6) is 0.248. The second-order valence-corrected chi connectivity index (χ2v) is 2.73. The Morgan fingerprint density at radius 3 is 2.65 bits per heavy atom. The summed E-state index contributed by atoms with van der Waals surface area (Å²) in [5.41, 5.74) is 0.318. The molecule has 0 aliphatic carbocycles. The number of nitrogens with zero attached hydrogens (tertiary/aromatic N) is 2. The van der Waals surface area contributed by atoms with Gasteiger partial charge in [0, 0.05) is 7.05 Å². The molecule has 0 atom stereocenters. The summed E-state index contributed by atoms with van der Waals surface area (Å²) >= 11 is 0. The first-order valence-corrected chi connectivity index (χ1v) is 5.12. The van der Waals surface area contributed by atoms with E-state index in [1.54, 1.807) is 0 Å². The summed E-state index contributed by atoms with van der Waals surface area (Å²) in [4.78, 5) is 34.6. The van der Waals surface area contributed by atoms with Gasteiger partial charge in [-0.1, -0.05) is 13.8 Å². The van der Waals surface area contributed by atoms with Crippen LogP contribution in [-0.4, -0.2) is 33.0 Å². The minimum absolute atomic E-state index is 0.248. The molecule has 0 spiro atoms. The third kappa shape index (κ3) is 2.80. The van der Waals surface area contributed by atoms with E-state index in [0.717, 1.165) is 0 Å². The van der Waals surface area contributed by atoms with E-state index in [-0.39, 0.29) is 5.82 Å². The number of imidazole rings is 1. The van der Waals surface area contributed by atoms with Crippen LogP contribution in [0.2, 0.25) is 0 Å². The van der Waals surface area contributed by atoms with Crippen LogP contribution in [0.5, 0.6) is 0 Å². The van der Waals surface area contributed by atoms with Crippen LogP contribution in [0.3, 0.4) is 0 Å². The lowest BCUT2D eigenvalue weighted by Gasteiger charge is -2.02. The smallest absolute Gasteiger partial charge is 0.325 e. The lowest BCUT2D eigenvalue weighted by molar-refractivity contribution is 0.254. The molecule has 8 nitrogen and oxygen atoms in total. The number of amides is 2. The van der Waals surface area contributed by atoms with Gasteiger partial charge in [-0.2, -0.15) is 0 Å². The Morgan fingerprint density at radius 1 is 1.29 bits per heavy atom. The maximum Gasteiger partial charge on any atom is 0.325 e. The van der Waals surface area contributed by atoms with E-state index in [1.165, 1.54) is 13.4 Å². The highest BCUT2D eigenvalue weighted by molar-refractivity contribution is 5.95. The fourth-order valence-corrected chi connectivity index (χ4v) is 1.12. The number of fused-ring (bicyclic) bond motifs is 1. The molecular weight excluding hydrogens is 224 g/mol. The van der Waals surface area contributed by atoms with Gasteiger partial charge in [0.2, 0.25) is 0 Å². The van der Waals surface area contributed by atoms with Crippen LogP contribution in [0.4, 0.5) is 10.6 Å². The standard InChI is InChI=1S/C7H8N6O2.C2H6/c1-8-6(14)12-4-3-5(10-2-9-4)13-7(15)11-3;1-2/h2H,1H3,(H4,8,9,10,11,12,13,14,15);1-2H3. The van der Waals surface area contributed by atoms with E-state index in [1.807, 2.05) is 13.8 Å². The summed E-state index contributed by atoms with van der Waals surface area (Å²) < 4.78 is 0. The average Bonchev–Trinajstić information content (AvgIpc) is 2.73. The Balaban J connectivity index is 0.000000686. The third-order valence-corrected chi connectivity index (χ3v) is 1.78. The van der Waals surface area contributed by atoms with Crippen molar-refractivity contribution in [3.05, 3.63) is 16.8 Å². The Morgan fingerprint density at radius 2 is 2.00 bits per heavy atom. The monoisotopic (exact) mass is 238 g/mol. The van der Waals surface area contributed by atoms with Crippen molar-refractivity contribution in [2.75, 3.05) is 12.4 Å². The minimum atomic E-state index is -0.419. The zero-order chi connectivity index (χ0) is 12.8. The summed E-state index contributed by atoms with van der Waals surface area (Å²) in [6.07, 6.45) is 1.25. The molecule has 0 aliphatic rings. The van der Waals surface area contributed by atoms with Gasteiger partial charge >= 0.3 is 11.7 Å². The number of rotatable bonds is 1. The summed E-state index contributed by atoms with van der Waals surface area (Å²) in [5, 5.41) is 4.83. The van der Waals surface area contributed by atoms with Crippen LogP contribution in [0.15, 0.2) is 11.1 Å². The first kappa shape index (κ1) is 12.7. The van der Waals surface area contributed by atoms with Crippen LogP contribution in [-0.2, 0) is 0 Å². The topological polar surface area (TPSA) is 116 Å². The number of carbonyl (C=O) groups excluding carboxylic acids is 1. The normalized spacial score (nSPS) is 9.35. The molecule has 0 saturated heterocycles. The van der Waals surface area contributed by atoms with Gasteiger partial charge in [-0.15, -0.1) is 0 Å². The summed E-state index contributed by atoms with van der Waals surface area (Å²) in [6.45, 7) is 4.00. The first-order valence-electron chi connectivity index (χ1n) is 5.12. The molecule has 0 fully saturated rings. The molecule has 0 radical (unpaired) electrons. The van der Waals surface area contributed by atoms with E-state index in [0.29, 0.717) is 11.2 Å². The van der Waals surface area contributed by atoms with E-state index in [4.69, 9.17) is 0 Å². The lowest BCUT2D eigenvalue weighted by atomic mass is 10.5. The third-order valence-electron chi connectivity index (χ3n) is 1.78. The number of hydrogen-bond acceptors (Lipinski definition) is 4. The fraction of sp³-hybridized carbons (Fsp3) is 0.333. The number of aromatic nitrogens is 4. The molecule has 0 aromatic carbocycles. The first-order chi connectivity index (χ1) is 8.20. The number of anilines is 1. The van der Waals surface area contributed by atoms with Gasteiger partial charge in [-0.3, -0.25) is 10.3 Å². The summed E-state index contributed by atoms with van der Waals surface area (Å²) in [7, 11) is 1.48. The molecule has 2 aromatic heterocycles. The van der Waals surface area contributed by atoms with Crippen molar-refractivity contribution in [3.63, 3.8) is 0 Å². The lowest BCUT2D eigenvalue weighted by Crippen LogP contribution is -2.25. The number of hydrogen-bond donors (Lipinski definition) is 4. The molecule has 92 valence electrons. The van der Waals surface area contributed by atoms with E-state index in [2.05, 4.69) is 30.6 Å². The molecule has 0 aliphatic heterocycles. The zero-order valence-electron chi connectivity index (χ0n) is 9.79. The molecule has 8 heteroatoms. The molecule has 2 heterocycles. The number of carbonyl (C=O) groups is 1. The van der Waals surface area contributed by atoms with Crippen LogP contribution in [0.25, 0.3) is 11.2 Å². The zero-order valence-corrected chi connectivity index (χ0v) is 9.79. The molecular formula is C9H14N6O2. The fourth-order valence-electron chi connectivity index (χ4n) is 1.12. The van der Waals surface area contributed by atoms with Crippen molar-refractivity contribution in [1.29, 1.82) is 0 Å². The van der Waals surface area contributed by atoms with Crippen LogP contribution < -0.4 is 16.3 Å². The summed E-state index contributed by atoms with van der Waals surface area (Å²) in [6, 6.07) is -0.419. The van der Waals surface area contributed by atoms with Crippen molar-refractivity contribution in [2.24, 2.45) is 0 Å². The second-order valence-electron chi connectivity index (χ2n) is 2.73. The van der Waals surface area contributed by atoms with Gasteiger partial charge in [0.05, 0.1) is 0 Å². The Kier molecular flexibility index (Phi) is 4.21. The van der Waals surface area contributed by atoms with Crippen molar-refractivity contribution < 1.29 is 4.79 Å². The second kappa shape index (κ2) is 5.64. The highest BCUT2D eigenvalue weighted by atomic mass is 16.2. The number of urea groups is 1. The minimum Gasteiger partial charge on any atom is -0.341 e. The van der Waals surface area contributed by atoms with Gasteiger partial charge in [0.25, 0.3) is 0 Å². The number of nitrogens with one attached hydrogen (secondary N) is 4. The molecule has 0 unspecified atom stereocenters. The van der Waals surface area contributed by atoms with E-state index >= 15 is 0 Å². The van der Waals surface area contributed by atoms with Crippen molar-refractivity contribution >= 4 is 23.0 Å². The van der Waals surface area contributed by atoms with Crippen molar-refractivity contribution in [1.82, 2.24) is 25.3 Å². The SMILES string of the molecule is CC.CNC(=O)Nc1ncnc2[nH]c(=O)[nH]c12. The van der Waals surface area contributed by atoms with Crippen LogP contribution in [0, 0.1) is 0 Å². The maximum atomic E-state index is 11.0. The quantitative estimate of drug-likeness (QED) is 0.576. The van der Waals surface area contributed by atoms with Crippen LogP contribution in [0.1, 0.15) is 13.8 Å². The van der Waals surface area contributed by atoms with Gasteiger partial charge in [-0.25, -0.2) is 19.6 Å². The molecule has 17 heavy (non-hydrogen) atoms. The molecule has 2 aromatic rings. The van der Waals surface area contributed by atoms with Gasteiger partial charge in [0.15, 0.2) is 11.5 Å². The van der Waals surface area contributed by atoms with Crippen molar-refractivity contribution in [3.8, 4) is 0 Å². The van der Waals surface area contributed by atoms with Gasteiger partial charge in [-0.05, 0) is 0 Å². The highest BCUT2D eigenvalue weighted by Crippen LogP contribution is 2.12. The maximum absolute atomic E-state index is 11.0. The highest BCUT2D eigenvalue weighted by Gasteiger charge is 2.08. The molecule has 0 saturated carbocycles. The predicted octanol–water partition coefficient (Wildman–Crippen LogP) is 0.424. The van der Waals surface area contributed by atoms with Gasteiger partial charge < -0.3 is 10.3 Å². The molecule has 2 rings (SSSR count). The van der Waals surface area contributed by atoms with E-state index in [9.17, 15) is 9.59 Å². The van der Waals surface area contributed by atoms with Gasteiger partial charge in [0.1, 0.15) is 11.8 Å². The predicted molar refractivity (Wildman–Crippen MR) is 63.9 cm³/mol.